The van der Waals surface area contributed by atoms with Gasteiger partial charge in [0.1, 0.15) is 5.82 Å². The summed E-state index contributed by atoms with van der Waals surface area (Å²) in [4.78, 5) is 4.28. The van der Waals surface area contributed by atoms with Crippen LogP contribution in [0.4, 0.5) is 0 Å². The number of halogens is 1. The highest BCUT2D eigenvalue weighted by molar-refractivity contribution is 6.30. The number of benzene rings is 1. The molecule has 0 aliphatic rings. The number of rotatable bonds is 8. The first-order chi connectivity index (χ1) is 14.6. The van der Waals surface area contributed by atoms with Gasteiger partial charge in [0.25, 0.3) is 0 Å². The van der Waals surface area contributed by atoms with Gasteiger partial charge in [-0.3, -0.25) is 9.39 Å². The van der Waals surface area contributed by atoms with E-state index in [2.05, 4.69) is 19.8 Å². The lowest BCUT2D eigenvalue weighted by Gasteiger charge is -2.11. The molecule has 0 saturated carbocycles. The number of aliphatic hydroxyl groups is 1. The lowest BCUT2D eigenvalue weighted by atomic mass is 10.2. The molecule has 0 saturated heterocycles. The van der Waals surface area contributed by atoms with Crippen LogP contribution in [0.25, 0.3) is 16.7 Å². The molecule has 4 rings (SSSR count). The molecule has 0 bridgehead atoms. The summed E-state index contributed by atoms with van der Waals surface area (Å²) in [7, 11) is 0. The predicted molar refractivity (Wildman–Crippen MR) is 120 cm³/mol. The van der Waals surface area contributed by atoms with Gasteiger partial charge in [0.15, 0.2) is 5.65 Å². The Morgan fingerprint density at radius 3 is 2.87 bits per heavy atom. The van der Waals surface area contributed by atoms with Crippen molar-refractivity contribution < 1.29 is 5.11 Å². The Morgan fingerprint density at radius 1 is 1.20 bits per heavy atom. The monoisotopic (exact) mass is 422 g/mol. The van der Waals surface area contributed by atoms with Crippen LogP contribution in [0.2, 0.25) is 5.02 Å². The minimum atomic E-state index is 0.122. The molecule has 0 aliphatic heterocycles. The van der Waals surface area contributed by atoms with Gasteiger partial charge in [-0.25, -0.2) is 0 Å². The first kappa shape index (κ1) is 20.3. The molecule has 2 N–H and O–H groups in total. The zero-order valence-electron chi connectivity index (χ0n) is 16.7. The third-order valence-electron chi connectivity index (χ3n) is 5.01. The number of hydrogen-bond acceptors (Lipinski definition) is 5. The van der Waals surface area contributed by atoms with E-state index in [4.69, 9.17) is 22.1 Å². The number of aryl methyl sites for hydroxylation is 1. The van der Waals surface area contributed by atoms with E-state index in [1.54, 1.807) is 6.21 Å². The van der Waals surface area contributed by atoms with Crippen molar-refractivity contribution in [3.8, 4) is 0 Å². The molecule has 0 radical (unpaired) electrons. The highest BCUT2D eigenvalue weighted by atomic mass is 35.5. The van der Waals surface area contributed by atoms with Crippen LogP contribution in [-0.2, 0) is 6.54 Å². The van der Waals surface area contributed by atoms with Gasteiger partial charge in [0.05, 0.1) is 22.4 Å². The highest BCUT2D eigenvalue weighted by Gasteiger charge is 2.16. The SMILES string of the molecule is Cc1nnc2ccc3c(cc(C(=N)CC=NCCCO)n3Cc3cccc(Cl)c3)n12. The Balaban J connectivity index is 1.78. The fraction of sp³-hybridized carbons (Fsp3) is 0.273. The molecule has 154 valence electrons. The van der Waals surface area contributed by atoms with Crippen molar-refractivity contribution in [2.45, 2.75) is 26.3 Å². The molecule has 0 unspecified atom stereocenters. The van der Waals surface area contributed by atoms with Crippen molar-refractivity contribution in [2.75, 3.05) is 13.2 Å². The number of pyridine rings is 1. The third-order valence-corrected chi connectivity index (χ3v) is 5.24. The molecule has 3 aromatic heterocycles. The average molecular weight is 423 g/mol. The van der Waals surface area contributed by atoms with Crippen molar-refractivity contribution in [2.24, 2.45) is 4.99 Å². The fourth-order valence-corrected chi connectivity index (χ4v) is 3.81. The normalized spacial score (nSPS) is 11.8. The largest absolute Gasteiger partial charge is 0.396 e. The van der Waals surface area contributed by atoms with E-state index in [-0.39, 0.29) is 6.61 Å². The minimum Gasteiger partial charge on any atom is -0.396 e. The van der Waals surface area contributed by atoms with Crippen molar-refractivity contribution in [3.63, 3.8) is 0 Å². The quantitative estimate of drug-likeness (QED) is 0.333. The Hall–Kier alpha value is -3.03. The maximum atomic E-state index is 8.88. The van der Waals surface area contributed by atoms with Gasteiger partial charge in [-0.1, -0.05) is 23.7 Å². The van der Waals surface area contributed by atoms with Gasteiger partial charge in [-0.2, -0.15) is 0 Å². The lowest BCUT2D eigenvalue weighted by molar-refractivity contribution is 0.291. The maximum absolute atomic E-state index is 8.88. The summed E-state index contributed by atoms with van der Waals surface area (Å²) < 4.78 is 4.14. The molecule has 4 aromatic rings. The van der Waals surface area contributed by atoms with Crippen LogP contribution in [0.5, 0.6) is 0 Å². The molecule has 0 aliphatic carbocycles. The van der Waals surface area contributed by atoms with Gasteiger partial charge in [0.2, 0.25) is 0 Å². The summed E-state index contributed by atoms with van der Waals surface area (Å²) >= 11 is 6.19. The van der Waals surface area contributed by atoms with Crippen LogP contribution in [0, 0.1) is 12.3 Å². The van der Waals surface area contributed by atoms with E-state index in [0.717, 1.165) is 33.8 Å². The van der Waals surface area contributed by atoms with Crippen LogP contribution in [0.3, 0.4) is 0 Å². The Morgan fingerprint density at radius 2 is 2.07 bits per heavy atom. The van der Waals surface area contributed by atoms with Crippen LogP contribution in [0.1, 0.15) is 29.9 Å². The highest BCUT2D eigenvalue weighted by Crippen LogP contribution is 2.25. The molecular formula is C22H23ClN6O. The number of nitrogens with one attached hydrogen (secondary N) is 1. The predicted octanol–water partition coefficient (Wildman–Crippen LogP) is 3.91. The maximum Gasteiger partial charge on any atom is 0.161 e. The summed E-state index contributed by atoms with van der Waals surface area (Å²) in [5.41, 5.74) is 5.10. The van der Waals surface area contributed by atoms with Crippen LogP contribution in [0.15, 0.2) is 47.5 Å². The second-order valence-electron chi connectivity index (χ2n) is 7.14. The van der Waals surface area contributed by atoms with E-state index in [1.165, 1.54) is 0 Å². The zero-order chi connectivity index (χ0) is 21.1. The van der Waals surface area contributed by atoms with Crippen molar-refractivity contribution in [1.29, 1.82) is 5.41 Å². The Kier molecular flexibility index (Phi) is 5.92. The van der Waals surface area contributed by atoms with Gasteiger partial charge >= 0.3 is 0 Å². The summed E-state index contributed by atoms with van der Waals surface area (Å²) in [6.07, 6.45) is 2.80. The van der Waals surface area contributed by atoms with Crippen LogP contribution >= 0.6 is 11.6 Å². The van der Waals surface area contributed by atoms with Gasteiger partial charge in [-0.05, 0) is 49.2 Å². The third kappa shape index (κ3) is 3.99. The summed E-state index contributed by atoms with van der Waals surface area (Å²) in [6.45, 7) is 3.20. The molecule has 1 aromatic carbocycles. The molecule has 7 nitrogen and oxygen atoms in total. The number of aliphatic hydroxyl groups excluding tert-OH is 1. The van der Waals surface area contributed by atoms with E-state index in [0.29, 0.717) is 36.7 Å². The van der Waals surface area contributed by atoms with Crippen LogP contribution in [-0.4, -0.2) is 49.3 Å². The number of hydrogen-bond donors (Lipinski definition) is 2. The van der Waals surface area contributed by atoms with E-state index < -0.39 is 0 Å². The van der Waals surface area contributed by atoms with Crippen molar-refractivity contribution >= 4 is 40.2 Å². The van der Waals surface area contributed by atoms with E-state index in [9.17, 15) is 0 Å². The number of aromatic nitrogens is 4. The molecular weight excluding hydrogens is 400 g/mol. The smallest absolute Gasteiger partial charge is 0.161 e. The van der Waals surface area contributed by atoms with Gasteiger partial charge in [-0.15, -0.1) is 10.2 Å². The summed E-state index contributed by atoms with van der Waals surface area (Å²) in [5, 5.41) is 26.7. The van der Waals surface area contributed by atoms with Crippen molar-refractivity contribution in [1.82, 2.24) is 19.2 Å². The number of aliphatic imine (C=N–C) groups is 1. The zero-order valence-corrected chi connectivity index (χ0v) is 17.5. The topological polar surface area (TPSA) is 91.6 Å². The Bertz CT molecular complexity index is 1240. The van der Waals surface area contributed by atoms with Crippen molar-refractivity contribution in [3.05, 3.63) is 64.6 Å². The molecule has 3 heterocycles. The van der Waals surface area contributed by atoms with Crippen LogP contribution < -0.4 is 0 Å². The lowest BCUT2D eigenvalue weighted by Crippen LogP contribution is -2.10. The summed E-state index contributed by atoms with van der Waals surface area (Å²) in [6, 6.07) is 13.8. The molecule has 0 fully saturated rings. The Labute approximate surface area is 179 Å². The minimum absolute atomic E-state index is 0.122. The number of nitrogens with zero attached hydrogens (tertiary/aromatic N) is 5. The number of fused-ring (bicyclic) bond motifs is 3. The average Bonchev–Trinajstić information content (AvgIpc) is 3.28. The molecule has 8 heteroatoms. The second-order valence-corrected chi connectivity index (χ2v) is 7.58. The molecule has 0 spiro atoms. The van der Waals surface area contributed by atoms with Gasteiger partial charge in [0, 0.05) is 37.4 Å². The molecule has 30 heavy (non-hydrogen) atoms. The van der Waals surface area contributed by atoms with E-state index in [1.807, 2.05) is 53.8 Å². The van der Waals surface area contributed by atoms with E-state index >= 15 is 0 Å². The second kappa shape index (κ2) is 8.77. The first-order valence-electron chi connectivity index (χ1n) is 9.84. The fourth-order valence-electron chi connectivity index (χ4n) is 3.59. The standard InChI is InChI=1S/C22H23ClN6O/c1-15-26-27-22-7-6-19-21(29(15)22)13-20(18(24)8-10-25-9-3-11-30)28(19)14-16-4-2-5-17(23)12-16/h2,4-7,10,12-13,24,30H,3,8-9,11,14H2,1H3. The van der Waals surface area contributed by atoms with Gasteiger partial charge < -0.3 is 15.1 Å². The summed E-state index contributed by atoms with van der Waals surface area (Å²) in [5.74, 6) is 0.805. The molecule has 0 amide bonds. The first-order valence-corrected chi connectivity index (χ1v) is 10.2. The molecule has 0 atom stereocenters.